The van der Waals surface area contributed by atoms with Crippen LogP contribution in [0.2, 0.25) is 0 Å². The minimum Gasteiger partial charge on any atom is -0.340 e. The summed E-state index contributed by atoms with van der Waals surface area (Å²) in [6.45, 7) is 0. The van der Waals surface area contributed by atoms with E-state index in [9.17, 15) is 4.79 Å². The van der Waals surface area contributed by atoms with E-state index < -0.39 is 5.76 Å². The first-order valence-corrected chi connectivity index (χ1v) is 3.52. The third-order valence-electron chi connectivity index (χ3n) is 1.71. The van der Waals surface area contributed by atoms with Gasteiger partial charge in [-0.1, -0.05) is 0 Å². The molecule has 0 atom stereocenters. The molecule has 0 fully saturated rings. The van der Waals surface area contributed by atoms with Crippen molar-refractivity contribution in [3.05, 3.63) is 23.2 Å². The van der Waals surface area contributed by atoms with Gasteiger partial charge in [0.2, 0.25) is 5.65 Å². The average Bonchev–Trinajstić information content (AvgIpc) is 2.65. The number of rotatable bonds is 0. The largest absolute Gasteiger partial charge is 0.460 e. The van der Waals surface area contributed by atoms with Crippen molar-refractivity contribution in [1.82, 2.24) is 24.5 Å². The Labute approximate surface area is 70.0 Å². The van der Waals surface area contributed by atoms with E-state index in [1.165, 1.54) is 17.2 Å². The molecule has 0 amide bonds. The van der Waals surface area contributed by atoms with Gasteiger partial charge in [-0.3, -0.25) is 0 Å². The number of H-pyrrole nitrogens is 1. The van der Waals surface area contributed by atoms with E-state index in [-0.39, 0.29) is 0 Å². The summed E-state index contributed by atoms with van der Waals surface area (Å²) in [4.78, 5) is 25.1. The van der Waals surface area contributed by atoms with Gasteiger partial charge in [-0.15, -0.1) is 9.56 Å². The molecule has 0 bridgehead atoms. The van der Waals surface area contributed by atoms with Crippen LogP contribution in [-0.4, -0.2) is 24.5 Å². The molecule has 0 spiro atoms. The molecular formula is C6H3N5O2. The normalized spacial score (nSPS) is 11.4. The van der Waals surface area contributed by atoms with Crippen molar-refractivity contribution in [3.8, 4) is 0 Å². The first-order chi connectivity index (χ1) is 6.34. The van der Waals surface area contributed by atoms with Crippen LogP contribution in [0.3, 0.4) is 0 Å². The van der Waals surface area contributed by atoms with Crippen LogP contribution >= 0.6 is 0 Å². The molecule has 7 heteroatoms. The smallest absolute Gasteiger partial charge is 0.340 e. The molecule has 0 radical (unpaired) electrons. The SMILES string of the molecule is O=c1nc2c3[nH]cnc3ncn2o1. The van der Waals surface area contributed by atoms with Gasteiger partial charge in [0.15, 0.2) is 5.65 Å². The van der Waals surface area contributed by atoms with E-state index >= 15 is 0 Å². The minimum atomic E-state index is -0.649. The quantitative estimate of drug-likeness (QED) is 0.502. The Morgan fingerprint density at radius 3 is 3.31 bits per heavy atom. The fourth-order valence-corrected chi connectivity index (χ4v) is 1.18. The van der Waals surface area contributed by atoms with Gasteiger partial charge < -0.3 is 9.51 Å². The molecule has 0 aliphatic heterocycles. The molecule has 0 aromatic carbocycles. The van der Waals surface area contributed by atoms with Gasteiger partial charge in [0.05, 0.1) is 6.33 Å². The molecule has 0 aliphatic carbocycles. The van der Waals surface area contributed by atoms with Crippen molar-refractivity contribution in [2.45, 2.75) is 0 Å². The lowest BCUT2D eigenvalue weighted by Gasteiger charge is -1.88. The molecule has 3 aromatic rings. The molecule has 7 nitrogen and oxygen atoms in total. The number of nitrogens with zero attached hydrogens (tertiary/aromatic N) is 4. The number of hydrogen-bond acceptors (Lipinski definition) is 5. The van der Waals surface area contributed by atoms with Crippen molar-refractivity contribution in [2.75, 3.05) is 0 Å². The second-order valence-electron chi connectivity index (χ2n) is 2.46. The monoisotopic (exact) mass is 177 g/mol. The standard InChI is InChI=1S/C6H3N5O2/c12-6-10-5-3-4(8-1-7-3)9-2-11(5)13-6/h1-2H,(H,7,8). The predicted molar refractivity (Wildman–Crippen MR) is 41.2 cm³/mol. The molecule has 1 N–H and O–H groups in total. The Kier molecular flexibility index (Phi) is 0.950. The Bertz CT molecular complexity index is 633. The van der Waals surface area contributed by atoms with Gasteiger partial charge in [-0.2, -0.15) is 0 Å². The Morgan fingerprint density at radius 1 is 1.46 bits per heavy atom. The first-order valence-electron chi connectivity index (χ1n) is 3.52. The molecule has 3 heterocycles. The predicted octanol–water partition coefficient (Wildman–Crippen LogP) is -0.441. The summed E-state index contributed by atoms with van der Waals surface area (Å²) in [7, 11) is 0. The number of aromatic amines is 1. The van der Waals surface area contributed by atoms with Crippen molar-refractivity contribution < 1.29 is 4.52 Å². The highest BCUT2D eigenvalue weighted by Crippen LogP contribution is 2.09. The zero-order valence-electron chi connectivity index (χ0n) is 6.26. The molecule has 3 rings (SSSR count). The van der Waals surface area contributed by atoms with Crippen LogP contribution in [0.15, 0.2) is 22.0 Å². The topological polar surface area (TPSA) is 89.1 Å². The van der Waals surface area contributed by atoms with E-state index in [0.29, 0.717) is 16.8 Å². The molecular weight excluding hydrogens is 174 g/mol. The van der Waals surface area contributed by atoms with Crippen molar-refractivity contribution in [2.24, 2.45) is 0 Å². The maximum absolute atomic E-state index is 10.8. The van der Waals surface area contributed by atoms with Crippen LogP contribution in [0.25, 0.3) is 16.8 Å². The number of fused-ring (bicyclic) bond motifs is 3. The third-order valence-corrected chi connectivity index (χ3v) is 1.71. The maximum Gasteiger partial charge on any atom is 0.460 e. The van der Waals surface area contributed by atoms with E-state index in [1.54, 1.807) is 0 Å². The van der Waals surface area contributed by atoms with Gasteiger partial charge in [0.1, 0.15) is 11.8 Å². The van der Waals surface area contributed by atoms with Crippen LogP contribution in [0.5, 0.6) is 0 Å². The average molecular weight is 177 g/mol. The van der Waals surface area contributed by atoms with Crippen molar-refractivity contribution in [3.63, 3.8) is 0 Å². The lowest BCUT2D eigenvalue weighted by atomic mass is 10.5. The molecule has 0 unspecified atom stereocenters. The van der Waals surface area contributed by atoms with Gasteiger partial charge in [-0.25, -0.2) is 14.8 Å². The van der Waals surface area contributed by atoms with Gasteiger partial charge in [-0.05, 0) is 0 Å². The Morgan fingerprint density at radius 2 is 2.38 bits per heavy atom. The summed E-state index contributed by atoms with van der Waals surface area (Å²) in [6.07, 6.45) is 2.84. The summed E-state index contributed by atoms with van der Waals surface area (Å²) < 4.78 is 5.88. The minimum absolute atomic E-state index is 0.396. The molecule has 0 aliphatic rings. The molecule has 3 aromatic heterocycles. The second kappa shape index (κ2) is 1.94. The van der Waals surface area contributed by atoms with E-state index in [0.717, 1.165) is 0 Å². The summed E-state index contributed by atoms with van der Waals surface area (Å²) in [5.41, 5.74) is 1.49. The highest BCUT2D eigenvalue weighted by atomic mass is 16.5. The summed E-state index contributed by atoms with van der Waals surface area (Å²) in [5.74, 6) is -0.649. The summed E-state index contributed by atoms with van der Waals surface area (Å²) in [5, 5.41) is 0. The summed E-state index contributed by atoms with van der Waals surface area (Å²) >= 11 is 0. The Hall–Kier alpha value is -2.18. The first kappa shape index (κ1) is 6.35. The highest BCUT2D eigenvalue weighted by molar-refractivity contribution is 5.83. The fourth-order valence-electron chi connectivity index (χ4n) is 1.18. The zero-order chi connectivity index (χ0) is 8.84. The number of imidazole rings is 1. The molecule has 64 valence electrons. The van der Waals surface area contributed by atoms with E-state index in [1.807, 2.05) is 0 Å². The van der Waals surface area contributed by atoms with Gasteiger partial charge in [0, 0.05) is 0 Å². The molecule has 13 heavy (non-hydrogen) atoms. The van der Waals surface area contributed by atoms with Crippen molar-refractivity contribution in [1.29, 1.82) is 0 Å². The lowest BCUT2D eigenvalue weighted by molar-refractivity contribution is 0.342. The zero-order valence-corrected chi connectivity index (χ0v) is 6.26. The second-order valence-corrected chi connectivity index (χ2v) is 2.46. The molecule has 0 saturated heterocycles. The Balaban J connectivity index is 2.71. The van der Waals surface area contributed by atoms with E-state index in [4.69, 9.17) is 0 Å². The highest BCUT2D eigenvalue weighted by Gasteiger charge is 2.07. The van der Waals surface area contributed by atoms with Crippen molar-refractivity contribution >= 4 is 16.8 Å². The maximum atomic E-state index is 10.8. The molecule has 0 saturated carbocycles. The van der Waals surface area contributed by atoms with Crippen LogP contribution in [0.1, 0.15) is 0 Å². The van der Waals surface area contributed by atoms with Crippen LogP contribution in [0, 0.1) is 0 Å². The van der Waals surface area contributed by atoms with Crippen LogP contribution in [0.4, 0.5) is 0 Å². The lowest BCUT2D eigenvalue weighted by Crippen LogP contribution is -1.93. The van der Waals surface area contributed by atoms with Crippen LogP contribution in [-0.2, 0) is 0 Å². The van der Waals surface area contributed by atoms with Gasteiger partial charge >= 0.3 is 5.76 Å². The fraction of sp³-hybridized carbons (Fsp3) is 0. The van der Waals surface area contributed by atoms with E-state index in [2.05, 4.69) is 24.5 Å². The third kappa shape index (κ3) is 0.723. The van der Waals surface area contributed by atoms with Crippen LogP contribution < -0.4 is 5.76 Å². The summed E-state index contributed by atoms with van der Waals surface area (Å²) in [6, 6.07) is 0. The number of aromatic nitrogens is 5. The number of nitrogens with one attached hydrogen (secondary N) is 1. The number of hydrogen-bond donors (Lipinski definition) is 1. The van der Waals surface area contributed by atoms with Gasteiger partial charge in [0.25, 0.3) is 0 Å².